The summed E-state index contributed by atoms with van der Waals surface area (Å²) in [5.74, 6) is 0. The Hall–Kier alpha value is -2.51. The quantitative estimate of drug-likeness (QED) is 0.933. The molecule has 0 aliphatic rings. The van der Waals surface area contributed by atoms with Gasteiger partial charge in [0.05, 0.1) is 23.5 Å². The van der Waals surface area contributed by atoms with Gasteiger partial charge in [0.15, 0.2) is 0 Å². The van der Waals surface area contributed by atoms with Crippen molar-refractivity contribution in [3.05, 3.63) is 42.2 Å². The molecule has 1 aromatic heterocycles. The van der Waals surface area contributed by atoms with Crippen LogP contribution in [-0.2, 0) is 0 Å². The molecule has 5 nitrogen and oxygen atoms in total. The first-order valence-corrected chi connectivity index (χ1v) is 6.97. The fraction of sp³-hybridized carbons (Fsp3) is 0.333. The number of halogens is 3. The lowest BCUT2D eigenvalue weighted by Crippen LogP contribution is -2.34. The van der Waals surface area contributed by atoms with E-state index in [1.165, 1.54) is 7.05 Å². The topological polar surface area (TPSA) is 50.2 Å². The number of hydrogen-bond acceptors (Lipinski definition) is 2. The fourth-order valence-electron chi connectivity index (χ4n) is 1.94. The van der Waals surface area contributed by atoms with Gasteiger partial charge in [0.1, 0.15) is 0 Å². The highest BCUT2D eigenvalue weighted by Crippen LogP contribution is 2.21. The fourth-order valence-corrected chi connectivity index (χ4v) is 1.94. The lowest BCUT2D eigenvalue weighted by molar-refractivity contribution is -0.135. The minimum absolute atomic E-state index is 0.404. The van der Waals surface area contributed by atoms with E-state index in [2.05, 4.69) is 10.4 Å². The predicted octanol–water partition coefficient (Wildman–Crippen LogP) is 3.60. The summed E-state index contributed by atoms with van der Waals surface area (Å²) in [6.45, 7) is 1.43. The van der Waals surface area contributed by atoms with E-state index in [1.54, 1.807) is 35.1 Å². The Bertz CT molecular complexity index is 681. The molecule has 0 radical (unpaired) electrons. The molecule has 0 unspecified atom stereocenters. The van der Waals surface area contributed by atoms with Gasteiger partial charge in [-0.3, -0.25) is 0 Å². The number of urea groups is 1. The van der Waals surface area contributed by atoms with Crippen molar-refractivity contribution >= 4 is 11.7 Å². The minimum atomic E-state index is -4.29. The Morgan fingerprint density at radius 3 is 2.61 bits per heavy atom. The van der Waals surface area contributed by atoms with Gasteiger partial charge in [-0.25, -0.2) is 9.48 Å². The second kappa shape index (κ2) is 6.72. The van der Waals surface area contributed by atoms with Crippen LogP contribution in [0.3, 0.4) is 0 Å². The second-order valence-corrected chi connectivity index (χ2v) is 5.14. The zero-order valence-corrected chi connectivity index (χ0v) is 12.8. The van der Waals surface area contributed by atoms with Crippen molar-refractivity contribution in [1.29, 1.82) is 0 Å². The van der Waals surface area contributed by atoms with E-state index in [0.29, 0.717) is 11.4 Å². The summed E-state index contributed by atoms with van der Waals surface area (Å²) in [6.07, 6.45) is -3.59. The van der Waals surface area contributed by atoms with Gasteiger partial charge >= 0.3 is 12.2 Å². The lowest BCUT2D eigenvalue weighted by Gasteiger charge is -2.20. The van der Waals surface area contributed by atoms with Crippen LogP contribution in [0.15, 0.2) is 36.5 Å². The molecule has 2 aromatic rings. The molecule has 0 aliphatic heterocycles. The molecular formula is C15H17F3N4O. The SMILES string of the molecule is Cc1ccn(-c2ccccc2NC(=O)N(C)CCC(F)(F)F)n1. The number of benzene rings is 1. The number of carbonyl (C=O) groups excluding carboxylic acids is 1. The minimum Gasteiger partial charge on any atom is -0.327 e. The van der Waals surface area contributed by atoms with Crippen molar-refractivity contribution < 1.29 is 18.0 Å². The van der Waals surface area contributed by atoms with E-state index in [-0.39, 0.29) is 0 Å². The Morgan fingerprint density at radius 1 is 1.30 bits per heavy atom. The molecule has 0 aliphatic carbocycles. The van der Waals surface area contributed by atoms with Gasteiger partial charge in [0.25, 0.3) is 0 Å². The first-order chi connectivity index (χ1) is 10.8. The van der Waals surface area contributed by atoms with Gasteiger partial charge in [-0.1, -0.05) is 12.1 Å². The number of nitrogens with one attached hydrogen (secondary N) is 1. The number of anilines is 1. The van der Waals surface area contributed by atoms with E-state index in [4.69, 9.17) is 0 Å². The first kappa shape index (κ1) is 16.9. The Kier molecular flexibility index (Phi) is 4.92. The summed E-state index contributed by atoms with van der Waals surface area (Å²) >= 11 is 0. The van der Waals surface area contributed by atoms with Crippen molar-refractivity contribution in [2.24, 2.45) is 0 Å². The molecule has 2 amide bonds. The van der Waals surface area contributed by atoms with Gasteiger partial charge in [0.2, 0.25) is 0 Å². The average molecular weight is 326 g/mol. The average Bonchev–Trinajstić information content (AvgIpc) is 2.91. The third kappa shape index (κ3) is 4.73. The normalized spacial score (nSPS) is 11.3. The molecule has 2 rings (SSSR count). The number of carbonyl (C=O) groups is 1. The smallest absolute Gasteiger partial charge is 0.327 e. The van der Waals surface area contributed by atoms with Crippen molar-refractivity contribution in [3.8, 4) is 5.69 Å². The van der Waals surface area contributed by atoms with E-state index in [1.807, 2.05) is 13.0 Å². The lowest BCUT2D eigenvalue weighted by atomic mass is 10.2. The van der Waals surface area contributed by atoms with Crippen LogP contribution in [-0.4, -0.2) is 40.5 Å². The van der Waals surface area contributed by atoms with Crippen LogP contribution >= 0.6 is 0 Å². The predicted molar refractivity (Wildman–Crippen MR) is 80.6 cm³/mol. The number of alkyl halides is 3. The van der Waals surface area contributed by atoms with Gasteiger partial charge in [0, 0.05) is 19.8 Å². The van der Waals surface area contributed by atoms with Crippen LogP contribution in [0.2, 0.25) is 0 Å². The Balaban J connectivity index is 2.10. The van der Waals surface area contributed by atoms with Gasteiger partial charge in [-0.05, 0) is 25.1 Å². The number of hydrogen-bond donors (Lipinski definition) is 1. The Morgan fingerprint density at radius 2 is 2.00 bits per heavy atom. The third-order valence-corrected chi connectivity index (χ3v) is 3.19. The van der Waals surface area contributed by atoms with E-state index >= 15 is 0 Å². The van der Waals surface area contributed by atoms with Gasteiger partial charge in [-0.15, -0.1) is 0 Å². The number of aromatic nitrogens is 2. The maximum Gasteiger partial charge on any atom is 0.390 e. The molecule has 0 spiro atoms. The zero-order valence-electron chi connectivity index (χ0n) is 12.8. The highest BCUT2D eigenvalue weighted by Gasteiger charge is 2.28. The van der Waals surface area contributed by atoms with Crippen LogP contribution in [0.1, 0.15) is 12.1 Å². The Labute approximate surface area is 131 Å². The summed E-state index contributed by atoms with van der Waals surface area (Å²) in [5.41, 5.74) is 1.92. The largest absolute Gasteiger partial charge is 0.390 e. The standard InChI is InChI=1S/C15H17F3N4O/c1-11-7-9-22(20-11)13-6-4-3-5-12(13)19-14(23)21(2)10-8-15(16,17)18/h3-7,9H,8,10H2,1-2H3,(H,19,23). The second-order valence-electron chi connectivity index (χ2n) is 5.14. The van der Waals surface area contributed by atoms with Crippen molar-refractivity contribution in [2.75, 3.05) is 18.9 Å². The van der Waals surface area contributed by atoms with Crippen LogP contribution < -0.4 is 5.32 Å². The monoisotopic (exact) mass is 326 g/mol. The summed E-state index contributed by atoms with van der Waals surface area (Å²) < 4.78 is 38.3. The van der Waals surface area contributed by atoms with E-state index in [9.17, 15) is 18.0 Å². The summed E-state index contributed by atoms with van der Waals surface area (Å²) in [7, 11) is 1.32. The number of amides is 2. The molecule has 1 aromatic carbocycles. The van der Waals surface area contributed by atoms with Crippen LogP contribution in [0.25, 0.3) is 5.69 Å². The number of nitrogens with zero attached hydrogens (tertiary/aromatic N) is 3. The van der Waals surface area contributed by atoms with E-state index in [0.717, 1.165) is 10.6 Å². The highest BCUT2D eigenvalue weighted by molar-refractivity contribution is 5.91. The molecule has 0 saturated carbocycles. The molecule has 23 heavy (non-hydrogen) atoms. The van der Waals surface area contributed by atoms with Gasteiger partial charge < -0.3 is 10.2 Å². The maximum atomic E-state index is 12.2. The number of para-hydroxylation sites is 2. The third-order valence-electron chi connectivity index (χ3n) is 3.19. The van der Waals surface area contributed by atoms with E-state index < -0.39 is 25.2 Å². The van der Waals surface area contributed by atoms with Crippen LogP contribution in [0.5, 0.6) is 0 Å². The number of rotatable bonds is 4. The molecule has 0 bridgehead atoms. The molecule has 1 heterocycles. The number of aryl methyl sites for hydroxylation is 1. The molecule has 8 heteroatoms. The first-order valence-electron chi connectivity index (χ1n) is 6.97. The van der Waals surface area contributed by atoms with Crippen molar-refractivity contribution in [3.63, 3.8) is 0 Å². The van der Waals surface area contributed by atoms with Crippen molar-refractivity contribution in [1.82, 2.24) is 14.7 Å². The molecule has 0 atom stereocenters. The van der Waals surface area contributed by atoms with Crippen LogP contribution in [0.4, 0.5) is 23.7 Å². The summed E-state index contributed by atoms with van der Waals surface area (Å²) in [6, 6.07) is 8.15. The van der Waals surface area contributed by atoms with Gasteiger partial charge in [-0.2, -0.15) is 18.3 Å². The highest BCUT2D eigenvalue weighted by atomic mass is 19.4. The molecule has 0 saturated heterocycles. The summed E-state index contributed by atoms with van der Waals surface area (Å²) in [4.78, 5) is 13.0. The molecular weight excluding hydrogens is 309 g/mol. The molecule has 0 fully saturated rings. The summed E-state index contributed by atoms with van der Waals surface area (Å²) in [5, 5.41) is 6.88. The molecule has 1 N–H and O–H groups in total. The molecule has 124 valence electrons. The van der Waals surface area contributed by atoms with Crippen molar-refractivity contribution in [2.45, 2.75) is 19.5 Å². The zero-order chi connectivity index (χ0) is 17.0. The van der Waals surface area contributed by atoms with Crippen LogP contribution in [0, 0.1) is 6.92 Å². The maximum absolute atomic E-state index is 12.2.